The SMILES string of the molecule is C[C@@H]1CN(c2c(CO[Si](c3ccccc3)(c3ccccc3)C(C)(C)C)cc(C(=O)c3ccccn3)c(F)c2Cl)C[C@H](C)O1. The first-order valence-electron chi connectivity index (χ1n) is 14.6. The van der Waals surface area contributed by atoms with Crippen LogP contribution in [0.25, 0.3) is 0 Å². The highest BCUT2D eigenvalue weighted by Gasteiger charge is 2.50. The smallest absolute Gasteiger partial charge is 0.261 e. The van der Waals surface area contributed by atoms with Crippen molar-refractivity contribution in [2.45, 2.75) is 58.5 Å². The maximum absolute atomic E-state index is 16.1. The van der Waals surface area contributed by atoms with E-state index >= 15 is 4.39 Å². The predicted octanol–water partition coefficient (Wildman–Crippen LogP) is 6.80. The van der Waals surface area contributed by atoms with Gasteiger partial charge in [0.2, 0.25) is 5.78 Å². The molecular weight excluding hydrogens is 579 g/mol. The Morgan fingerprint density at radius 1 is 0.977 bits per heavy atom. The van der Waals surface area contributed by atoms with E-state index in [4.69, 9.17) is 20.8 Å². The fourth-order valence-electron chi connectivity index (χ4n) is 6.23. The lowest BCUT2D eigenvalue weighted by atomic mass is 10.0. The summed E-state index contributed by atoms with van der Waals surface area (Å²) in [6, 6.07) is 27.3. The summed E-state index contributed by atoms with van der Waals surface area (Å²) in [7, 11) is -2.95. The Hall–Kier alpha value is -3.36. The molecule has 224 valence electrons. The summed E-state index contributed by atoms with van der Waals surface area (Å²) >= 11 is 6.86. The van der Waals surface area contributed by atoms with E-state index in [1.54, 1.807) is 24.3 Å². The van der Waals surface area contributed by atoms with Crippen LogP contribution in [0.4, 0.5) is 10.1 Å². The van der Waals surface area contributed by atoms with Crippen molar-refractivity contribution < 1.29 is 18.3 Å². The third-order valence-electron chi connectivity index (χ3n) is 8.00. The Morgan fingerprint density at radius 3 is 2.05 bits per heavy atom. The third kappa shape index (κ3) is 6.18. The summed E-state index contributed by atoms with van der Waals surface area (Å²) in [6.45, 7) is 11.8. The zero-order valence-electron chi connectivity index (χ0n) is 25.3. The van der Waals surface area contributed by atoms with Crippen LogP contribution in [-0.2, 0) is 15.8 Å². The van der Waals surface area contributed by atoms with Crippen LogP contribution in [0.3, 0.4) is 0 Å². The minimum atomic E-state index is -2.95. The first kappa shape index (κ1) is 31.1. The molecule has 0 radical (unpaired) electrons. The fraction of sp³-hybridized carbons (Fsp3) is 0.314. The number of rotatable bonds is 8. The third-order valence-corrected chi connectivity index (χ3v) is 13.3. The summed E-state index contributed by atoms with van der Waals surface area (Å²) in [5.41, 5.74) is 1.22. The number of carbonyl (C=O) groups excluding carboxylic acids is 1. The largest absolute Gasteiger partial charge is 0.403 e. The molecule has 1 fully saturated rings. The van der Waals surface area contributed by atoms with Gasteiger partial charge < -0.3 is 14.1 Å². The molecule has 1 aliphatic rings. The number of halogens is 2. The Kier molecular flexibility index (Phi) is 9.18. The van der Waals surface area contributed by atoms with Crippen LogP contribution in [0.5, 0.6) is 0 Å². The molecule has 1 aliphatic heterocycles. The van der Waals surface area contributed by atoms with Crippen LogP contribution in [0, 0.1) is 5.82 Å². The second kappa shape index (κ2) is 12.7. The van der Waals surface area contributed by atoms with Crippen molar-refractivity contribution in [1.29, 1.82) is 0 Å². The Bertz CT molecular complexity index is 1520. The zero-order valence-corrected chi connectivity index (χ0v) is 27.1. The van der Waals surface area contributed by atoms with Gasteiger partial charge in [-0.15, -0.1) is 0 Å². The maximum Gasteiger partial charge on any atom is 0.261 e. The molecule has 5 rings (SSSR count). The van der Waals surface area contributed by atoms with Crippen molar-refractivity contribution in [3.8, 4) is 0 Å². The zero-order chi connectivity index (χ0) is 30.8. The van der Waals surface area contributed by atoms with Crippen molar-refractivity contribution in [3.63, 3.8) is 0 Å². The number of benzene rings is 3. The van der Waals surface area contributed by atoms with Gasteiger partial charge in [0.1, 0.15) is 10.7 Å². The Balaban J connectivity index is 1.68. The van der Waals surface area contributed by atoms with E-state index in [0.717, 1.165) is 10.4 Å². The lowest BCUT2D eigenvalue weighted by Crippen LogP contribution is -2.66. The molecule has 4 aromatic rings. The lowest BCUT2D eigenvalue weighted by molar-refractivity contribution is -0.00532. The topological polar surface area (TPSA) is 51.7 Å². The van der Waals surface area contributed by atoms with Crippen molar-refractivity contribution in [2.24, 2.45) is 0 Å². The molecule has 2 heterocycles. The average molecular weight is 617 g/mol. The second-order valence-corrected chi connectivity index (χ2v) is 16.9. The van der Waals surface area contributed by atoms with E-state index in [9.17, 15) is 4.79 Å². The van der Waals surface area contributed by atoms with Crippen LogP contribution >= 0.6 is 11.6 Å². The summed E-state index contributed by atoms with van der Waals surface area (Å²) in [6.07, 6.45) is 1.36. The molecule has 1 saturated heterocycles. The van der Waals surface area contributed by atoms with E-state index in [1.807, 2.05) is 50.2 Å². The number of hydrogen-bond acceptors (Lipinski definition) is 5. The number of ether oxygens (including phenoxy) is 1. The molecule has 5 nitrogen and oxygen atoms in total. The number of anilines is 1. The summed E-state index contributed by atoms with van der Waals surface area (Å²) in [5, 5.41) is 1.89. The second-order valence-electron chi connectivity index (χ2n) is 12.2. The molecule has 1 aromatic heterocycles. The molecule has 0 saturated carbocycles. The molecule has 8 heteroatoms. The maximum atomic E-state index is 16.1. The van der Waals surface area contributed by atoms with Gasteiger partial charge in [0.15, 0.2) is 5.82 Å². The van der Waals surface area contributed by atoms with E-state index < -0.39 is 19.9 Å². The van der Waals surface area contributed by atoms with Gasteiger partial charge in [-0.3, -0.25) is 9.78 Å². The molecule has 3 aromatic carbocycles. The first-order valence-corrected chi connectivity index (χ1v) is 16.9. The standard InChI is InChI=1S/C35H38ClFN2O3Si/c1-24-21-39(22-25(2)42-24)33-26(20-29(32(37)31(33)36)34(40)30-18-12-13-19-38-30)23-41-43(35(3,4)5,27-14-8-6-9-15-27)28-16-10-7-11-17-28/h6-20,24-25H,21-23H2,1-5H3/t24-,25+. The van der Waals surface area contributed by atoms with Crippen LogP contribution < -0.4 is 15.3 Å². The number of pyridine rings is 1. The highest BCUT2D eigenvalue weighted by molar-refractivity contribution is 6.99. The van der Waals surface area contributed by atoms with Gasteiger partial charge in [0.25, 0.3) is 8.32 Å². The highest BCUT2D eigenvalue weighted by Crippen LogP contribution is 2.41. The van der Waals surface area contributed by atoms with Crippen molar-refractivity contribution in [2.75, 3.05) is 18.0 Å². The molecule has 0 bridgehead atoms. The van der Waals surface area contributed by atoms with Crippen molar-refractivity contribution >= 4 is 41.8 Å². The van der Waals surface area contributed by atoms with Crippen molar-refractivity contribution in [1.82, 2.24) is 4.98 Å². The predicted molar refractivity (Wildman–Crippen MR) is 174 cm³/mol. The van der Waals surface area contributed by atoms with Crippen LogP contribution in [0.15, 0.2) is 91.1 Å². The van der Waals surface area contributed by atoms with E-state index in [0.29, 0.717) is 24.3 Å². The normalized spacial score (nSPS) is 17.6. The Morgan fingerprint density at radius 2 is 1.53 bits per heavy atom. The molecular formula is C35H38ClFN2O3Si. The van der Waals surface area contributed by atoms with Gasteiger partial charge in [-0.2, -0.15) is 0 Å². The van der Waals surface area contributed by atoms with Crippen molar-refractivity contribution in [3.05, 3.63) is 119 Å². The monoisotopic (exact) mass is 616 g/mol. The number of hydrogen-bond donors (Lipinski definition) is 0. The van der Waals surface area contributed by atoms with Crippen LogP contribution in [0.1, 0.15) is 56.2 Å². The summed E-state index contributed by atoms with van der Waals surface area (Å²) in [5.74, 6) is -1.28. The van der Waals surface area contributed by atoms with Gasteiger partial charge in [0, 0.05) is 24.8 Å². The molecule has 0 N–H and O–H groups in total. The van der Waals surface area contributed by atoms with Crippen LogP contribution in [-0.4, -0.2) is 44.4 Å². The van der Waals surface area contributed by atoms with Gasteiger partial charge in [-0.1, -0.05) is 99.1 Å². The Labute approximate surface area is 259 Å². The highest BCUT2D eigenvalue weighted by atomic mass is 35.5. The van der Waals surface area contributed by atoms with Gasteiger partial charge >= 0.3 is 0 Å². The van der Waals surface area contributed by atoms with E-state index in [1.165, 1.54) is 6.20 Å². The molecule has 0 aliphatic carbocycles. The average Bonchev–Trinajstić information content (AvgIpc) is 2.99. The number of aromatic nitrogens is 1. The molecule has 2 atom stereocenters. The lowest BCUT2D eigenvalue weighted by Gasteiger charge is -2.43. The number of ketones is 1. The molecule has 0 spiro atoms. The fourth-order valence-corrected chi connectivity index (χ4v) is 11.1. The number of morpholine rings is 1. The molecule has 43 heavy (non-hydrogen) atoms. The minimum Gasteiger partial charge on any atom is -0.403 e. The summed E-state index contributed by atoms with van der Waals surface area (Å²) < 4.78 is 29.3. The van der Waals surface area contributed by atoms with E-state index in [2.05, 4.69) is 54.9 Å². The first-order chi connectivity index (χ1) is 20.5. The van der Waals surface area contributed by atoms with Gasteiger partial charge in [-0.25, -0.2) is 4.39 Å². The minimum absolute atomic E-state index is 0.0804. The van der Waals surface area contributed by atoms with E-state index in [-0.39, 0.29) is 40.1 Å². The molecule has 0 amide bonds. The van der Waals surface area contributed by atoms with Crippen LogP contribution in [0.2, 0.25) is 10.1 Å². The summed E-state index contributed by atoms with van der Waals surface area (Å²) in [4.78, 5) is 19.8. The van der Waals surface area contributed by atoms with Gasteiger partial charge in [-0.05, 0) is 47.5 Å². The quantitative estimate of drug-likeness (QED) is 0.161. The number of nitrogens with zero attached hydrogens (tertiary/aromatic N) is 2. The van der Waals surface area contributed by atoms with Gasteiger partial charge in [0.05, 0.1) is 30.1 Å². The number of carbonyl (C=O) groups is 1. The molecule has 0 unspecified atom stereocenters.